The fraction of sp³-hybridized carbons (Fsp3) is 0.455. The summed E-state index contributed by atoms with van der Waals surface area (Å²) >= 11 is 1.71. The first-order valence-electron chi connectivity index (χ1n) is 5.52. The highest BCUT2D eigenvalue weighted by molar-refractivity contribution is 7.11. The molecule has 0 fully saturated rings. The standard InChI is InChI=1S/C11H17N3O3S/c1-9-3-4-10(18-9)8-17-6-5-13-11(12-2)7-14(15)16/h3-4,7,12-13H,5-6,8H2,1-2H3. The number of aryl methyl sites for hydroxylation is 1. The summed E-state index contributed by atoms with van der Waals surface area (Å²) in [5.74, 6) is 0.371. The molecule has 0 atom stereocenters. The van der Waals surface area contributed by atoms with E-state index in [4.69, 9.17) is 4.74 Å². The van der Waals surface area contributed by atoms with Crippen molar-refractivity contribution in [3.63, 3.8) is 0 Å². The molecule has 6 nitrogen and oxygen atoms in total. The Hall–Kier alpha value is -1.60. The summed E-state index contributed by atoms with van der Waals surface area (Å²) in [6.45, 7) is 3.64. The number of thiophene rings is 1. The van der Waals surface area contributed by atoms with E-state index in [0.717, 1.165) is 6.20 Å². The first-order valence-corrected chi connectivity index (χ1v) is 6.33. The van der Waals surface area contributed by atoms with Gasteiger partial charge in [-0.2, -0.15) is 0 Å². The van der Waals surface area contributed by atoms with Crippen molar-refractivity contribution in [3.8, 4) is 0 Å². The molecule has 0 aliphatic heterocycles. The molecule has 0 spiro atoms. The Morgan fingerprint density at radius 2 is 2.39 bits per heavy atom. The van der Waals surface area contributed by atoms with Crippen LogP contribution in [-0.4, -0.2) is 25.1 Å². The quantitative estimate of drug-likeness (QED) is 0.425. The van der Waals surface area contributed by atoms with Gasteiger partial charge in [0.2, 0.25) is 0 Å². The minimum absolute atomic E-state index is 0.371. The molecule has 0 aliphatic carbocycles. The lowest BCUT2D eigenvalue weighted by Gasteiger charge is -2.07. The number of nitrogens with zero attached hydrogens (tertiary/aromatic N) is 1. The molecule has 0 amide bonds. The molecule has 0 unspecified atom stereocenters. The zero-order chi connectivity index (χ0) is 13.4. The van der Waals surface area contributed by atoms with Gasteiger partial charge in [0, 0.05) is 23.3 Å². The largest absolute Gasteiger partial charge is 0.374 e. The Labute approximate surface area is 110 Å². The maximum atomic E-state index is 10.3. The predicted molar refractivity (Wildman–Crippen MR) is 70.9 cm³/mol. The van der Waals surface area contributed by atoms with Crippen LogP contribution < -0.4 is 10.6 Å². The summed E-state index contributed by atoms with van der Waals surface area (Å²) in [6, 6.07) is 4.10. The summed E-state index contributed by atoms with van der Waals surface area (Å²) in [4.78, 5) is 12.2. The molecule has 1 aromatic rings. The van der Waals surface area contributed by atoms with E-state index in [1.807, 2.05) is 6.07 Å². The van der Waals surface area contributed by atoms with Crippen molar-refractivity contribution in [2.24, 2.45) is 0 Å². The van der Waals surface area contributed by atoms with Crippen molar-refractivity contribution in [2.45, 2.75) is 13.5 Å². The van der Waals surface area contributed by atoms with Crippen LogP contribution in [0.1, 0.15) is 9.75 Å². The van der Waals surface area contributed by atoms with Crippen LogP contribution in [0.4, 0.5) is 0 Å². The number of nitrogens with one attached hydrogen (secondary N) is 2. The van der Waals surface area contributed by atoms with Gasteiger partial charge in [0.1, 0.15) is 0 Å². The van der Waals surface area contributed by atoms with Gasteiger partial charge in [-0.3, -0.25) is 10.1 Å². The Morgan fingerprint density at radius 3 is 2.94 bits per heavy atom. The average Bonchev–Trinajstić information content (AvgIpc) is 2.72. The third kappa shape index (κ3) is 5.65. The number of ether oxygens (including phenoxy) is 1. The van der Waals surface area contributed by atoms with Crippen LogP contribution >= 0.6 is 11.3 Å². The minimum Gasteiger partial charge on any atom is -0.374 e. The van der Waals surface area contributed by atoms with E-state index in [1.165, 1.54) is 9.75 Å². The lowest BCUT2D eigenvalue weighted by molar-refractivity contribution is -0.404. The Balaban J connectivity index is 2.16. The normalized spacial score (nSPS) is 11.3. The molecule has 18 heavy (non-hydrogen) atoms. The summed E-state index contributed by atoms with van der Waals surface area (Å²) in [5.41, 5.74) is 0. The smallest absolute Gasteiger partial charge is 0.274 e. The van der Waals surface area contributed by atoms with Gasteiger partial charge in [0.05, 0.1) is 18.1 Å². The lowest BCUT2D eigenvalue weighted by atomic mass is 10.4. The molecular weight excluding hydrogens is 254 g/mol. The van der Waals surface area contributed by atoms with Gasteiger partial charge in [0.15, 0.2) is 5.82 Å². The highest BCUT2D eigenvalue weighted by Gasteiger charge is 2.00. The van der Waals surface area contributed by atoms with Crippen LogP contribution in [0.15, 0.2) is 24.2 Å². The van der Waals surface area contributed by atoms with Crippen LogP contribution in [-0.2, 0) is 11.3 Å². The Bertz CT molecular complexity index is 417. The molecule has 0 bridgehead atoms. The van der Waals surface area contributed by atoms with E-state index in [0.29, 0.717) is 25.6 Å². The average molecular weight is 271 g/mol. The summed E-state index contributed by atoms with van der Waals surface area (Å²) in [6.07, 6.45) is 0.891. The molecule has 1 heterocycles. The lowest BCUT2D eigenvalue weighted by Crippen LogP contribution is -2.27. The zero-order valence-electron chi connectivity index (χ0n) is 10.4. The van der Waals surface area contributed by atoms with Crippen molar-refractivity contribution < 1.29 is 9.66 Å². The SMILES string of the molecule is CNC(=C[N+](=O)[O-])NCCOCc1ccc(C)s1. The fourth-order valence-electron chi connectivity index (χ4n) is 1.30. The number of nitro groups is 1. The van der Waals surface area contributed by atoms with Crippen LogP contribution in [0.5, 0.6) is 0 Å². The van der Waals surface area contributed by atoms with E-state index >= 15 is 0 Å². The van der Waals surface area contributed by atoms with E-state index in [9.17, 15) is 10.1 Å². The van der Waals surface area contributed by atoms with Gasteiger partial charge in [-0.05, 0) is 19.1 Å². The van der Waals surface area contributed by atoms with Crippen molar-refractivity contribution in [1.82, 2.24) is 10.6 Å². The van der Waals surface area contributed by atoms with Crippen molar-refractivity contribution in [1.29, 1.82) is 0 Å². The molecule has 2 N–H and O–H groups in total. The van der Waals surface area contributed by atoms with Gasteiger partial charge in [-0.25, -0.2) is 0 Å². The van der Waals surface area contributed by atoms with Gasteiger partial charge >= 0.3 is 0 Å². The maximum Gasteiger partial charge on any atom is 0.274 e. The molecule has 0 saturated heterocycles. The van der Waals surface area contributed by atoms with Crippen molar-refractivity contribution in [3.05, 3.63) is 44.0 Å². The minimum atomic E-state index is -0.506. The molecule has 100 valence electrons. The maximum absolute atomic E-state index is 10.3. The van der Waals surface area contributed by atoms with E-state index in [-0.39, 0.29) is 0 Å². The van der Waals surface area contributed by atoms with Gasteiger partial charge in [-0.15, -0.1) is 11.3 Å². The molecular formula is C11H17N3O3S. The van der Waals surface area contributed by atoms with E-state index < -0.39 is 4.92 Å². The molecule has 0 radical (unpaired) electrons. The highest BCUT2D eigenvalue weighted by Crippen LogP contribution is 2.15. The topological polar surface area (TPSA) is 76.4 Å². The summed E-state index contributed by atoms with van der Waals surface area (Å²) in [5, 5.41) is 15.8. The summed E-state index contributed by atoms with van der Waals surface area (Å²) < 4.78 is 5.46. The molecule has 0 aromatic carbocycles. The second kappa shape index (κ2) is 7.67. The predicted octanol–water partition coefficient (Wildman–Crippen LogP) is 1.46. The van der Waals surface area contributed by atoms with Gasteiger partial charge in [-0.1, -0.05) is 0 Å². The number of hydrogen-bond acceptors (Lipinski definition) is 6. The fourth-order valence-corrected chi connectivity index (χ4v) is 2.13. The zero-order valence-corrected chi connectivity index (χ0v) is 11.3. The summed E-state index contributed by atoms with van der Waals surface area (Å²) in [7, 11) is 1.62. The van der Waals surface area contributed by atoms with Crippen LogP contribution in [0.2, 0.25) is 0 Å². The Kier molecular flexibility index (Phi) is 6.16. The van der Waals surface area contributed by atoms with Crippen molar-refractivity contribution in [2.75, 3.05) is 20.2 Å². The molecule has 1 rings (SSSR count). The molecule has 1 aromatic heterocycles. The first-order chi connectivity index (χ1) is 8.61. The third-order valence-corrected chi connectivity index (χ3v) is 3.08. The number of hydrogen-bond donors (Lipinski definition) is 2. The molecule has 7 heteroatoms. The third-order valence-electron chi connectivity index (χ3n) is 2.11. The second-order valence-electron chi connectivity index (χ2n) is 3.57. The van der Waals surface area contributed by atoms with Crippen LogP contribution in [0, 0.1) is 17.0 Å². The van der Waals surface area contributed by atoms with E-state index in [1.54, 1.807) is 18.4 Å². The van der Waals surface area contributed by atoms with Gasteiger partial charge in [0.25, 0.3) is 6.20 Å². The first kappa shape index (κ1) is 14.5. The van der Waals surface area contributed by atoms with Crippen LogP contribution in [0.3, 0.4) is 0 Å². The van der Waals surface area contributed by atoms with Gasteiger partial charge < -0.3 is 15.4 Å². The second-order valence-corrected chi connectivity index (χ2v) is 4.94. The monoisotopic (exact) mass is 271 g/mol. The highest BCUT2D eigenvalue weighted by atomic mass is 32.1. The van der Waals surface area contributed by atoms with E-state index in [2.05, 4.69) is 23.6 Å². The van der Waals surface area contributed by atoms with Crippen LogP contribution in [0.25, 0.3) is 0 Å². The molecule has 0 saturated carbocycles. The number of rotatable bonds is 8. The molecule has 0 aliphatic rings. The Morgan fingerprint density at radius 1 is 1.61 bits per heavy atom. The van der Waals surface area contributed by atoms with Crippen molar-refractivity contribution >= 4 is 11.3 Å².